The van der Waals surface area contributed by atoms with Gasteiger partial charge in [0.15, 0.2) is 16.6 Å². The van der Waals surface area contributed by atoms with Crippen molar-refractivity contribution in [1.29, 1.82) is 0 Å². The molecular weight excluding hydrogens is 358 g/mol. The van der Waals surface area contributed by atoms with Gasteiger partial charge in [-0.1, -0.05) is 0 Å². The molecule has 8 nitrogen and oxygen atoms in total. The molecule has 0 bridgehead atoms. The van der Waals surface area contributed by atoms with E-state index >= 15 is 0 Å². The Kier molecular flexibility index (Phi) is 5.81. The lowest BCUT2D eigenvalue weighted by molar-refractivity contribution is -0.385. The molecule has 2 rings (SSSR count). The van der Waals surface area contributed by atoms with Crippen LogP contribution in [0.15, 0.2) is 23.4 Å². The number of methoxy groups -OCH3 is 1. The fraction of sp³-hybridized carbons (Fsp3) is 0.412. The van der Waals surface area contributed by atoms with Gasteiger partial charge >= 0.3 is 5.69 Å². The number of ether oxygens (including phenoxy) is 2. The van der Waals surface area contributed by atoms with Crippen molar-refractivity contribution < 1.29 is 19.2 Å². The summed E-state index contributed by atoms with van der Waals surface area (Å²) in [6.45, 7) is 5.33. The average Bonchev–Trinajstić information content (AvgIpc) is 2.58. The van der Waals surface area contributed by atoms with E-state index in [2.05, 4.69) is 5.32 Å². The van der Waals surface area contributed by atoms with Gasteiger partial charge in [-0.2, -0.15) is 0 Å². The van der Waals surface area contributed by atoms with Crippen LogP contribution in [0, 0.1) is 10.1 Å². The summed E-state index contributed by atoms with van der Waals surface area (Å²) in [6.07, 6.45) is 0. The zero-order valence-corrected chi connectivity index (χ0v) is 16.1. The summed E-state index contributed by atoms with van der Waals surface area (Å²) >= 11 is 5.32. The molecule has 1 unspecified atom stereocenters. The lowest BCUT2D eigenvalue weighted by Crippen LogP contribution is -2.45. The van der Waals surface area contributed by atoms with Gasteiger partial charge in [-0.05, 0) is 44.6 Å². The van der Waals surface area contributed by atoms with Gasteiger partial charge in [-0.15, -0.1) is 0 Å². The Bertz CT molecular complexity index is 806. The molecule has 1 aliphatic rings. The van der Waals surface area contributed by atoms with E-state index in [0.29, 0.717) is 28.6 Å². The van der Waals surface area contributed by atoms with E-state index in [-0.39, 0.29) is 23.0 Å². The number of allylic oxidation sites excluding steroid dienone is 1. The summed E-state index contributed by atoms with van der Waals surface area (Å²) in [5.41, 5.74) is 1.45. The maximum atomic E-state index is 12.2. The first-order chi connectivity index (χ1) is 12.2. The van der Waals surface area contributed by atoms with Crippen LogP contribution >= 0.6 is 12.2 Å². The number of thiocarbonyl (C=S) groups is 1. The van der Waals surface area contributed by atoms with Crippen molar-refractivity contribution in [1.82, 2.24) is 10.2 Å². The minimum absolute atomic E-state index is 0.0428. The summed E-state index contributed by atoms with van der Waals surface area (Å²) in [7, 11) is 3.10. The fourth-order valence-corrected chi connectivity index (χ4v) is 3.18. The van der Waals surface area contributed by atoms with Crippen LogP contribution < -0.4 is 14.8 Å². The average molecular weight is 379 g/mol. The van der Waals surface area contributed by atoms with Gasteiger partial charge in [-0.3, -0.25) is 14.9 Å². The molecule has 0 saturated carbocycles. The molecule has 1 N–H and O–H groups in total. The minimum Gasteiger partial charge on any atom is -0.490 e. The van der Waals surface area contributed by atoms with Gasteiger partial charge in [0.05, 0.1) is 24.7 Å². The van der Waals surface area contributed by atoms with Crippen LogP contribution in [0.3, 0.4) is 0 Å². The Hall–Kier alpha value is -2.68. The van der Waals surface area contributed by atoms with Crippen LogP contribution in [0.4, 0.5) is 5.69 Å². The van der Waals surface area contributed by atoms with Crippen molar-refractivity contribution in [3.05, 3.63) is 39.1 Å². The molecule has 0 saturated heterocycles. The summed E-state index contributed by atoms with van der Waals surface area (Å²) in [4.78, 5) is 24.9. The largest absolute Gasteiger partial charge is 0.490 e. The molecule has 140 valence electrons. The van der Waals surface area contributed by atoms with Gasteiger partial charge in [0.1, 0.15) is 0 Å². The summed E-state index contributed by atoms with van der Waals surface area (Å²) in [5.74, 6) is 0.137. The van der Waals surface area contributed by atoms with Crippen molar-refractivity contribution in [3.63, 3.8) is 0 Å². The fourth-order valence-electron chi connectivity index (χ4n) is 2.92. The molecule has 0 aliphatic carbocycles. The lowest BCUT2D eigenvalue weighted by atomic mass is 9.92. The summed E-state index contributed by atoms with van der Waals surface area (Å²) in [5, 5.41) is 15.0. The summed E-state index contributed by atoms with van der Waals surface area (Å²) in [6, 6.07) is 2.40. The first-order valence-corrected chi connectivity index (χ1v) is 8.38. The van der Waals surface area contributed by atoms with Crippen molar-refractivity contribution in [2.24, 2.45) is 0 Å². The highest BCUT2D eigenvalue weighted by atomic mass is 32.1. The number of rotatable bonds is 6. The normalized spacial score (nSPS) is 17.0. The molecule has 1 aromatic rings. The van der Waals surface area contributed by atoms with E-state index in [1.807, 2.05) is 0 Å². The predicted octanol–water partition coefficient (Wildman–Crippen LogP) is 2.73. The zero-order valence-electron chi connectivity index (χ0n) is 15.3. The third kappa shape index (κ3) is 3.48. The highest BCUT2D eigenvalue weighted by Crippen LogP contribution is 2.42. The number of nitro groups is 1. The number of benzene rings is 1. The molecule has 1 atom stereocenters. The van der Waals surface area contributed by atoms with Gasteiger partial charge < -0.3 is 19.7 Å². The lowest BCUT2D eigenvalue weighted by Gasteiger charge is -2.35. The van der Waals surface area contributed by atoms with E-state index in [0.717, 1.165) is 0 Å². The number of hydrogen-bond acceptors (Lipinski definition) is 6. The SMILES string of the molecule is CCOc1cc(C2NC(=S)N(C)C(C)=C2C(C)=O)cc([N+](=O)[O-])c1OC. The highest BCUT2D eigenvalue weighted by Gasteiger charge is 2.33. The number of carbonyl (C=O) groups excluding carboxylic acids is 1. The summed E-state index contributed by atoms with van der Waals surface area (Å²) < 4.78 is 10.7. The Balaban J connectivity index is 2.71. The Morgan fingerprint density at radius 3 is 2.62 bits per heavy atom. The third-order valence-electron chi connectivity index (χ3n) is 4.22. The molecule has 1 heterocycles. The number of nitro benzene ring substituents is 1. The number of hydrogen-bond donors (Lipinski definition) is 1. The molecule has 0 amide bonds. The van der Waals surface area contributed by atoms with Gasteiger partial charge in [0.2, 0.25) is 5.75 Å². The zero-order chi connectivity index (χ0) is 19.6. The topological polar surface area (TPSA) is 93.9 Å². The first-order valence-electron chi connectivity index (χ1n) is 7.97. The van der Waals surface area contributed by atoms with Crippen LogP contribution in [0.5, 0.6) is 11.5 Å². The quantitative estimate of drug-likeness (QED) is 0.458. The van der Waals surface area contributed by atoms with Crippen LogP contribution in [-0.2, 0) is 4.79 Å². The number of carbonyl (C=O) groups is 1. The van der Waals surface area contributed by atoms with Gasteiger partial charge in [-0.25, -0.2) is 0 Å². The molecule has 26 heavy (non-hydrogen) atoms. The molecule has 0 spiro atoms. The van der Waals surface area contributed by atoms with Crippen LogP contribution in [0.1, 0.15) is 32.4 Å². The van der Waals surface area contributed by atoms with Gasteiger partial charge in [0.25, 0.3) is 0 Å². The Labute approximate surface area is 156 Å². The smallest absolute Gasteiger partial charge is 0.315 e. The molecule has 9 heteroatoms. The van der Waals surface area contributed by atoms with E-state index in [9.17, 15) is 14.9 Å². The molecule has 0 fully saturated rings. The second kappa shape index (κ2) is 7.69. The van der Waals surface area contributed by atoms with Crippen molar-refractivity contribution in [2.45, 2.75) is 26.8 Å². The molecule has 1 aliphatic heterocycles. The van der Waals surface area contributed by atoms with E-state index in [4.69, 9.17) is 21.7 Å². The van der Waals surface area contributed by atoms with E-state index in [1.54, 1.807) is 31.9 Å². The molecule has 1 aromatic carbocycles. The Morgan fingerprint density at radius 1 is 1.46 bits per heavy atom. The van der Waals surface area contributed by atoms with E-state index in [1.165, 1.54) is 20.1 Å². The second-order valence-corrected chi connectivity index (χ2v) is 6.15. The molecule has 0 radical (unpaired) electrons. The third-order valence-corrected chi connectivity index (χ3v) is 4.62. The van der Waals surface area contributed by atoms with Crippen LogP contribution in [0.2, 0.25) is 0 Å². The second-order valence-electron chi connectivity index (χ2n) is 5.76. The first kappa shape index (κ1) is 19.6. The van der Waals surface area contributed by atoms with Crippen molar-refractivity contribution >= 4 is 28.8 Å². The number of nitrogens with one attached hydrogen (secondary N) is 1. The van der Waals surface area contributed by atoms with E-state index < -0.39 is 11.0 Å². The monoisotopic (exact) mass is 379 g/mol. The molecule has 0 aromatic heterocycles. The van der Waals surface area contributed by atoms with Crippen LogP contribution in [-0.4, -0.2) is 41.5 Å². The number of Topliss-reactive ketones (excluding diaryl/α,β-unsaturated/α-hetero) is 1. The maximum Gasteiger partial charge on any atom is 0.315 e. The minimum atomic E-state index is -0.611. The standard InChI is InChI=1S/C17H21N3O5S/c1-6-25-13-8-11(7-12(20(22)23)16(13)24-5)15-14(10(3)21)9(2)19(4)17(26)18-15/h7-8,15H,6H2,1-5H3,(H,18,26). The Morgan fingerprint density at radius 2 is 2.12 bits per heavy atom. The highest BCUT2D eigenvalue weighted by molar-refractivity contribution is 7.80. The van der Waals surface area contributed by atoms with Crippen LogP contribution in [0.25, 0.3) is 0 Å². The number of ketones is 1. The van der Waals surface area contributed by atoms with Crippen molar-refractivity contribution in [2.75, 3.05) is 20.8 Å². The molecular formula is C17H21N3O5S. The number of nitrogens with zero attached hydrogens (tertiary/aromatic N) is 2. The van der Waals surface area contributed by atoms with Gasteiger partial charge in [0, 0.05) is 24.4 Å². The van der Waals surface area contributed by atoms with Crippen molar-refractivity contribution in [3.8, 4) is 11.5 Å². The maximum absolute atomic E-state index is 12.2. The predicted molar refractivity (Wildman–Crippen MR) is 100 cm³/mol.